The van der Waals surface area contributed by atoms with E-state index in [1.54, 1.807) is 18.3 Å². The van der Waals surface area contributed by atoms with Crippen molar-refractivity contribution in [2.24, 2.45) is 5.92 Å². The molecule has 1 N–H and O–H groups in total. The van der Waals surface area contributed by atoms with Gasteiger partial charge in [0.1, 0.15) is 11.4 Å². The molecular formula is C16H16N2O2. The summed E-state index contributed by atoms with van der Waals surface area (Å²) in [5.74, 6) is 1.13. The molecule has 0 bridgehead atoms. The van der Waals surface area contributed by atoms with Crippen LogP contribution in [0.15, 0.2) is 48.7 Å². The predicted octanol–water partition coefficient (Wildman–Crippen LogP) is 2.06. The van der Waals surface area contributed by atoms with Crippen molar-refractivity contribution in [3.05, 3.63) is 59.9 Å². The third kappa shape index (κ3) is 2.79. The maximum atomic E-state index is 11.9. The van der Waals surface area contributed by atoms with Gasteiger partial charge in [0.05, 0.1) is 6.61 Å². The van der Waals surface area contributed by atoms with Crippen LogP contribution in [0.5, 0.6) is 5.75 Å². The monoisotopic (exact) mass is 268 g/mol. The Kier molecular flexibility index (Phi) is 3.63. The minimum absolute atomic E-state index is 0.135. The zero-order valence-electron chi connectivity index (χ0n) is 11.1. The summed E-state index contributed by atoms with van der Waals surface area (Å²) in [6.07, 6.45) is 2.55. The smallest absolute Gasteiger partial charge is 0.269 e. The molecule has 0 radical (unpaired) electrons. The summed E-state index contributed by atoms with van der Waals surface area (Å²) in [5, 5.41) is 2.92. The Balaban J connectivity index is 1.57. The van der Waals surface area contributed by atoms with Crippen molar-refractivity contribution in [2.75, 3.05) is 13.2 Å². The number of para-hydroxylation sites is 1. The fourth-order valence-electron chi connectivity index (χ4n) is 2.35. The number of nitrogens with one attached hydrogen (secondary N) is 1. The Bertz CT molecular complexity index is 598. The molecule has 3 rings (SSSR count). The molecule has 0 saturated heterocycles. The molecule has 1 aromatic carbocycles. The number of rotatable bonds is 3. The van der Waals surface area contributed by atoms with Gasteiger partial charge in [0.15, 0.2) is 0 Å². The molecule has 0 fully saturated rings. The number of benzene rings is 1. The van der Waals surface area contributed by atoms with Crippen molar-refractivity contribution in [3.8, 4) is 5.75 Å². The first-order valence-corrected chi connectivity index (χ1v) is 6.73. The van der Waals surface area contributed by atoms with Gasteiger partial charge in [0.25, 0.3) is 5.91 Å². The van der Waals surface area contributed by atoms with Gasteiger partial charge >= 0.3 is 0 Å². The Morgan fingerprint density at radius 3 is 2.95 bits per heavy atom. The molecule has 2 heterocycles. The molecule has 102 valence electrons. The molecular weight excluding hydrogens is 252 g/mol. The van der Waals surface area contributed by atoms with Crippen LogP contribution in [0.1, 0.15) is 16.1 Å². The number of amides is 1. The third-order valence-electron chi connectivity index (χ3n) is 3.40. The van der Waals surface area contributed by atoms with Gasteiger partial charge in [-0.15, -0.1) is 0 Å². The number of hydrogen-bond acceptors (Lipinski definition) is 3. The maximum absolute atomic E-state index is 11.9. The van der Waals surface area contributed by atoms with Gasteiger partial charge in [0.2, 0.25) is 0 Å². The lowest BCUT2D eigenvalue weighted by Crippen LogP contribution is -2.35. The molecule has 4 nitrogen and oxygen atoms in total. The molecule has 1 atom stereocenters. The van der Waals surface area contributed by atoms with E-state index in [9.17, 15) is 4.79 Å². The Hall–Kier alpha value is -2.36. The number of hydrogen-bond donors (Lipinski definition) is 1. The van der Waals surface area contributed by atoms with Crippen molar-refractivity contribution in [1.29, 1.82) is 0 Å². The summed E-state index contributed by atoms with van der Waals surface area (Å²) in [6.45, 7) is 1.24. The van der Waals surface area contributed by atoms with Crippen LogP contribution in [0, 0.1) is 5.92 Å². The summed E-state index contributed by atoms with van der Waals surface area (Å²) >= 11 is 0. The summed E-state index contributed by atoms with van der Waals surface area (Å²) in [6, 6.07) is 13.4. The number of pyridine rings is 1. The third-order valence-corrected chi connectivity index (χ3v) is 3.40. The maximum Gasteiger partial charge on any atom is 0.269 e. The topological polar surface area (TPSA) is 51.2 Å². The van der Waals surface area contributed by atoms with Gasteiger partial charge in [-0.2, -0.15) is 0 Å². The standard InChI is InChI=1S/C16H16N2O2/c19-16(14-6-3-4-8-17-14)18-10-12-9-13-5-1-2-7-15(13)20-11-12/h1-8,12H,9-11H2,(H,18,19). The molecule has 0 aliphatic carbocycles. The second-order valence-electron chi connectivity index (χ2n) is 4.91. The van der Waals surface area contributed by atoms with Crippen LogP contribution in [-0.2, 0) is 6.42 Å². The van der Waals surface area contributed by atoms with Crippen molar-refractivity contribution < 1.29 is 9.53 Å². The van der Waals surface area contributed by atoms with E-state index in [2.05, 4.69) is 16.4 Å². The average Bonchev–Trinajstić information content (AvgIpc) is 2.53. The van der Waals surface area contributed by atoms with Crippen LogP contribution in [0.2, 0.25) is 0 Å². The molecule has 1 aliphatic rings. The van der Waals surface area contributed by atoms with Gasteiger partial charge in [-0.25, -0.2) is 0 Å². The van der Waals surface area contributed by atoms with Gasteiger partial charge in [-0.1, -0.05) is 24.3 Å². The summed E-state index contributed by atoms with van der Waals surface area (Å²) < 4.78 is 5.71. The fourth-order valence-corrected chi connectivity index (χ4v) is 2.35. The molecule has 1 unspecified atom stereocenters. The molecule has 2 aromatic rings. The molecule has 0 spiro atoms. The Morgan fingerprint density at radius 2 is 2.10 bits per heavy atom. The highest BCUT2D eigenvalue weighted by atomic mass is 16.5. The Morgan fingerprint density at radius 1 is 1.25 bits per heavy atom. The predicted molar refractivity (Wildman–Crippen MR) is 75.7 cm³/mol. The van der Waals surface area contributed by atoms with Gasteiger partial charge in [-0.3, -0.25) is 9.78 Å². The van der Waals surface area contributed by atoms with E-state index in [0.29, 0.717) is 24.8 Å². The summed E-state index contributed by atoms with van der Waals surface area (Å²) in [4.78, 5) is 16.0. The minimum atomic E-state index is -0.135. The van der Waals surface area contributed by atoms with Crippen LogP contribution in [0.3, 0.4) is 0 Å². The zero-order chi connectivity index (χ0) is 13.8. The number of nitrogens with zero attached hydrogens (tertiary/aromatic N) is 1. The number of ether oxygens (including phenoxy) is 1. The van der Waals surface area contributed by atoms with Crippen LogP contribution < -0.4 is 10.1 Å². The Labute approximate surface area is 117 Å². The van der Waals surface area contributed by atoms with Crippen molar-refractivity contribution in [3.63, 3.8) is 0 Å². The molecule has 1 aliphatic heterocycles. The number of carbonyl (C=O) groups is 1. The van der Waals surface area contributed by atoms with E-state index in [1.165, 1.54) is 5.56 Å². The zero-order valence-corrected chi connectivity index (χ0v) is 11.1. The lowest BCUT2D eigenvalue weighted by atomic mass is 9.97. The molecule has 0 saturated carbocycles. The lowest BCUT2D eigenvalue weighted by Gasteiger charge is -2.25. The quantitative estimate of drug-likeness (QED) is 0.927. The molecule has 1 amide bonds. The van der Waals surface area contributed by atoms with Crippen molar-refractivity contribution in [1.82, 2.24) is 10.3 Å². The van der Waals surface area contributed by atoms with Crippen LogP contribution in [-0.4, -0.2) is 24.0 Å². The van der Waals surface area contributed by atoms with E-state index in [4.69, 9.17) is 4.74 Å². The van der Waals surface area contributed by atoms with E-state index in [-0.39, 0.29) is 5.91 Å². The highest BCUT2D eigenvalue weighted by Gasteiger charge is 2.20. The van der Waals surface area contributed by atoms with Crippen molar-refractivity contribution >= 4 is 5.91 Å². The number of aromatic nitrogens is 1. The highest BCUT2D eigenvalue weighted by Crippen LogP contribution is 2.26. The van der Waals surface area contributed by atoms with Gasteiger partial charge in [-0.05, 0) is 30.2 Å². The largest absolute Gasteiger partial charge is 0.493 e. The van der Waals surface area contributed by atoms with Crippen molar-refractivity contribution in [2.45, 2.75) is 6.42 Å². The van der Waals surface area contributed by atoms with E-state index in [0.717, 1.165) is 12.2 Å². The summed E-state index contributed by atoms with van der Waals surface area (Å²) in [5.41, 5.74) is 1.65. The van der Waals surface area contributed by atoms with E-state index >= 15 is 0 Å². The van der Waals surface area contributed by atoms with E-state index in [1.807, 2.05) is 24.3 Å². The average molecular weight is 268 g/mol. The first kappa shape index (κ1) is 12.7. The normalized spacial score (nSPS) is 16.9. The number of carbonyl (C=O) groups excluding carboxylic acids is 1. The van der Waals surface area contributed by atoms with Crippen LogP contribution in [0.25, 0.3) is 0 Å². The summed E-state index contributed by atoms with van der Waals surface area (Å²) in [7, 11) is 0. The number of fused-ring (bicyclic) bond motifs is 1. The van der Waals surface area contributed by atoms with Crippen LogP contribution in [0.4, 0.5) is 0 Å². The van der Waals surface area contributed by atoms with Crippen LogP contribution >= 0.6 is 0 Å². The highest BCUT2D eigenvalue weighted by molar-refractivity contribution is 5.92. The SMILES string of the molecule is O=C(NCC1COc2ccccc2C1)c1ccccn1. The molecule has 1 aromatic heterocycles. The lowest BCUT2D eigenvalue weighted by molar-refractivity contribution is 0.0934. The molecule has 20 heavy (non-hydrogen) atoms. The van der Waals surface area contributed by atoms with Gasteiger partial charge < -0.3 is 10.1 Å². The fraction of sp³-hybridized carbons (Fsp3) is 0.250. The van der Waals surface area contributed by atoms with E-state index < -0.39 is 0 Å². The first-order valence-electron chi connectivity index (χ1n) is 6.73. The minimum Gasteiger partial charge on any atom is -0.493 e. The van der Waals surface area contributed by atoms with Gasteiger partial charge in [0, 0.05) is 18.7 Å². The molecule has 4 heteroatoms. The first-order chi connectivity index (χ1) is 9.83. The second-order valence-corrected chi connectivity index (χ2v) is 4.91. The second kappa shape index (κ2) is 5.74.